The number of hydrogen-bond donors (Lipinski definition) is 1. The summed E-state index contributed by atoms with van der Waals surface area (Å²) in [5, 5.41) is 0. The smallest absolute Gasteiger partial charge is 0.184 e. The molecule has 0 aliphatic heterocycles. The van der Waals surface area contributed by atoms with Gasteiger partial charge in [-0.2, -0.15) is 0 Å². The fourth-order valence-corrected chi connectivity index (χ4v) is 2.81. The van der Waals surface area contributed by atoms with Gasteiger partial charge >= 0.3 is 0 Å². The van der Waals surface area contributed by atoms with Crippen LogP contribution in [-0.4, -0.2) is 14.5 Å². The average Bonchev–Trinajstić information content (AvgIpc) is 2.65. The van der Waals surface area contributed by atoms with Crippen LogP contribution in [0.15, 0.2) is 39.4 Å². The molecule has 0 saturated heterocycles. The highest BCUT2D eigenvalue weighted by Gasteiger charge is 2.12. The van der Waals surface area contributed by atoms with Crippen molar-refractivity contribution < 1.29 is 4.39 Å². The normalized spacial score (nSPS) is 11.1. The number of benzene rings is 1. The maximum Gasteiger partial charge on any atom is 0.184 e. The van der Waals surface area contributed by atoms with Crippen molar-refractivity contribution in [3.8, 4) is 5.69 Å². The van der Waals surface area contributed by atoms with E-state index in [0.717, 1.165) is 9.99 Å². The number of rotatable bonds is 1. The molecular weight excluding hydrogens is 397 g/mol. The lowest BCUT2D eigenvalue weighted by Gasteiger charge is -2.05. The summed E-state index contributed by atoms with van der Waals surface area (Å²) >= 11 is 11.8. The van der Waals surface area contributed by atoms with Gasteiger partial charge in [-0.05, 0) is 52.4 Å². The Labute approximate surface area is 129 Å². The Hall–Kier alpha value is -1.05. The molecule has 0 aliphatic rings. The number of nitrogens with one attached hydrogen (secondary N) is 1. The Morgan fingerprint density at radius 3 is 2.74 bits per heavy atom. The molecular formula is C12H6Br2FN3S. The topological polar surface area (TPSA) is 33.6 Å². The predicted molar refractivity (Wildman–Crippen MR) is 81.6 cm³/mol. The molecule has 1 aromatic carbocycles. The van der Waals surface area contributed by atoms with Gasteiger partial charge in [0.15, 0.2) is 10.4 Å². The van der Waals surface area contributed by atoms with Crippen molar-refractivity contribution in [2.24, 2.45) is 0 Å². The molecule has 7 heteroatoms. The number of aromatic nitrogens is 3. The quantitative estimate of drug-likeness (QED) is 0.596. The molecule has 0 spiro atoms. The first-order valence-electron chi connectivity index (χ1n) is 5.28. The van der Waals surface area contributed by atoms with E-state index in [1.807, 2.05) is 6.07 Å². The summed E-state index contributed by atoms with van der Waals surface area (Å²) in [6.07, 6.45) is 1.65. The van der Waals surface area contributed by atoms with Gasteiger partial charge < -0.3 is 4.98 Å². The zero-order chi connectivity index (χ0) is 13.6. The van der Waals surface area contributed by atoms with Gasteiger partial charge in [0, 0.05) is 15.1 Å². The molecule has 0 atom stereocenters. The Bertz CT molecular complexity index is 841. The number of nitrogens with zero attached hydrogens (tertiary/aromatic N) is 2. The van der Waals surface area contributed by atoms with Gasteiger partial charge in [-0.15, -0.1) is 0 Å². The molecule has 0 bridgehead atoms. The molecule has 2 aromatic heterocycles. The minimum absolute atomic E-state index is 0.365. The molecule has 96 valence electrons. The van der Waals surface area contributed by atoms with E-state index in [2.05, 4.69) is 41.8 Å². The van der Waals surface area contributed by atoms with Crippen molar-refractivity contribution >= 4 is 55.2 Å². The third-order valence-corrected chi connectivity index (χ3v) is 3.85. The second kappa shape index (κ2) is 4.81. The van der Waals surface area contributed by atoms with E-state index >= 15 is 0 Å². The molecule has 0 fully saturated rings. The van der Waals surface area contributed by atoms with Crippen LogP contribution < -0.4 is 0 Å². The molecule has 0 aliphatic carbocycles. The minimum Gasteiger partial charge on any atom is -0.329 e. The summed E-state index contributed by atoms with van der Waals surface area (Å²) in [6.45, 7) is 0. The van der Waals surface area contributed by atoms with Gasteiger partial charge in [-0.1, -0.05) is 15.9 Å². The summed E-state index contributed by atoms with van der Waals surface area (Å²) in [5.41, 5.74) is 1.71. The van der Waals surface area contributed by atoms with Crippen LogP contribution in [0.5, 0.6) is 0 Å². The predicted octanol–water partition coefficient (Wildman–Crippen LogP) is 4.75. The summed E-state index contributed by atoms with van der Waals surface area (Å²) in [7, 11) is 0. The second-order valence-electron chi connectivity index (χ2n) is 3.89. The lowest BCUT2D eigenvalue weighted by Crippen LogP contribution is -1.98. The monoisotopic (exact) mass is 401 g/mol. The van der Waals surface area contributed by atoms with Crippen molar-refractivity contribution in [3.05, 3.63) is 50.0 Å². The Morgan fingerprint density at radius 2 is 2.00 bits per heavy atom. The van der Waals surface area contributed by atoms with E-state index in [0.29, 0.717) is 20.6 Å². The average molecular weight is 403 g/mol. The van der Waals surface area contributed by atoms with Gasteiger partial charge in [0.1, 0.15) is 5.82 Å². The van der Waals surface area contributed by atoms with Gasteiger partial charge in [-0.25, -0.2) is 9.37 Å². The fourth-order valence-electron chi connectivity index (χ4n) is 1.86. The van der Waals surface area contributed by atoms with Gasteiger partial charge in [0.25, 0.3) is 0 Å². The molecule has 1 N–H and O–H groups in total. The first-order chi connectivity index (χ1) is 9.06. The van der Waals surface area contributed by atoms with E-state index in [1.54, 1.807) is 22.9 Å². The van der Waals surface area contributed by atoms with Crippen molar-refractivity contribution in [1.29, 1.82) is 0 Å². The molecule has 0 unspecified atom stereocenters. The molecule has 0 amide bonds. The molecule has 3 nitrogen and oxygen atoms in total. The number of imidazole rings is 1. The first-order valence-corrected chi connectivity index (χ1v) is 7.27. The van der Waals surface area contributed by atoms with Crippen LogP contribution in [0.4, 0.5) is 4.39 Å². The standard InChI is InChI=1S/C12H6Br2FN3S/c13-6-1-2-10(8(15)3-6)18-11-9(17-12(18)19)4-7(14)5-16-11/h1-5H,(H,17,19). The van der Waals surface area contributed by atoms with Crippen LogP contribution in [0.1, 0.15) is 0 Å². The molecule has 2 heterocycles. The zero-order valence-corrected chi connectivity index (χ0v) is 13.3. The first kappa shape index (κ1) is 13.0. The zero-order valence-electron chi connectivity index (χ0n) is 9.32. The van der Waals surface area contributed by atoms with Crippen LogP contribution in [0.25, 0.3) is 16.9 Å². The summed E-state index contributed by atoms with van der Waals surface area (Å²) in [4.78, 5) is 7.30. The van der Waals surface area contributed by atoms with Crippen LogP contribution >= 0.6 is 44.1 Å². The van der Waals surface area contributed by atoms with Crippen LogP contribution in [0.2, 0.25) is 0 Å². The largest absolute Gasteiger partial charge is 0.329 e. The fraction of sp³-hybridized carbons (Fsp3) is 0. The highest BCUT2D eigenvalue weighted by molar-refractivity contribution is 9.10. The van der Waals surface area contributed by atoms with Crippen LogP contribution in [-0.2, 0) is 0 Å². The SMILES string of the molecule is Fc1cc(Br)ccc1-n1c(=S)[nH]c2cc(Br)cnc21. The number of fused-ring (bicyclic) bond motifs is 1. The number of aromatic amines is 1. The highest BCUT2D eigenvalue weighted by atomic mass is 79.9. The number of pyridine rings is 1. The van der Waals surface area contributed by atoms with Gasteiger partial charge in [-0.3, -0.25) is 4.57 Å². The molecule has 0 radical (unpaired) electrons. The lowest BCUT2D eigenvalue weighted by molar-refractivity contribution is 0.617. The number of hydrogen-bond acceptors (Lipinski definition) is 2. The highest BCUT2D eigenvalue weighted by Crippen LogP contribution is 2.24. The maximum atomic E-state index is 14.1. The van der Waals surface area contributed by atoms with Crippen molar-refractivity contribution in [2.75, 3.05) is 0 Å². The summed E-state index contributed by atoms with van der Waals surface area (Å²) in [5.74, 6) is -0.365. The third kappa shape index (κ3) is 2.26. The van der Waals surface area contributed by atoms with Gasteiger partial charge in [0.05, 0.1) is 11.2 Å². The van der Waals surface area contributed by atoms with Crippen molar-refractivity contribution in [1.82, 2.24) is 14.5 Å². The van der Waals surface area contributed by atoms with Crippen LogP contribution in [0.3, 0.4) is 0 Å². The van der Waals surface area contributed by atoms with Gasteiger partial charge in [0.2, 0.25) is 0 Å². The van der Waals surface area contributed by atoms with E-state index in [1.165, 1.54) is 6.07 Å². The summed E-state index contributed by atoms with van der Waals surface area (Å²) in [6, 6.07) is 6.67. The molecule has 0 saturated carbocycles. The number of halogens is 3. The maximum absolute atomic E-state index is 14.1. The van der Waals surface area contributed by atoms with Crippen LogP contribution in [0, 0.1) is 10.6 Å². The van der Waals surface area contributed by atoms with E-state index in [-0.39, 0.29) is 5.82 Å². The number of H-pyrrole nitrogens is 1. The minimum atomic E-state index is -0.365. The Morgan fingerprint density at radius 1 is 1.21 bits per heavy atom. The van der Waals surface area contributed by atoms with E-state index < -0.39 is 0 Å². The Balaban J connectivity index is 2.36. The second-order valence-corrected chi connectivity index (χ2v) is 6.10. The molecule has 19 heavy (non-hydrogen) atoms. The molecule has 3 aromatic rings. The Kier molecular flexibility index (Phi) is 3.28. The lowest BCUT2D eigenvalue weighted by atomic mass is 10.3. The molecule has 3 rings (SSSR count). The van der Waals surface area contributed by atoms with E-state index in [4.69, 9.17) is 12.2 Å². The van der Waals surface area contributed by atoms with Crippen molar-refractivity contribution in [2.45, 2.75) is 0 Å². The van der Waals surface area contributed by atoms with Crippen molar-refractivity contribution in [3.63, 3.8) is 0 Å². The van der Waals surface area contributed by atoms with E-state index in [9.17, 15) is 4.39 Å². The summed E-state index contributed by atoms with van der Waals surface area (Å²) < 4.78 is 17.5. The third-order valence-electron chi connectivity index (χ3n) is 2.64.